The first-order chi connectivity index (χ1) is 15.5. The van der Waals surface area contributed by atoms with Gasteiger partial charge in [0.1, 0.15) is 5.01 Å². The fraction of sp³-hybridized carbons (Fsp3) is 0.167. The molecule has 5 aromatic rings. The monoisotopic (exact) mass is 471 g/mol. The first kappa shape index (κ1) is 23.0. The van der Waals surface area contributed by atoms with Crippen molar-refractivity contribution in [3.63, 3.8) is 0 Å². The first-order valence-corrected chi connectivity index (χ1v) is 11.1. The molecule has 0 N–H and O–H groups in total. The van der Waals surface area contributed by atoms with Crippen molar-refractivity contribution in [1.82, 2.24) is 14.6 Å². The van der Waals surface area contributed by atoms with Gasteiger partial charge in [0.05, 0.1) is 11.9 Å². The van der Waals surface area contributed by atoms with Crippen molar-refractivity contribution >= 4 is 34.3 Å². The Morgan fingerprint density at radius 1 is 0.848 bits per heavy atom. The number of imidazole rings is 1. The lowest BCUT2D eigenvalue weighted by Crippen LogP contribution is -2.10. The summed E-state index contributed by atoms with van der Waals surface area (Å²) in [7, 11) is -6.00. The van der Waals surface area contributed by atoms with E-state index in [1.165, 1.54) is 16.3 Å². The summed E-state index contributed by atoms with van der Waals surface area (Å²) in [5, 5.41) is 8.22. The van der Waals surface area contributed by atoms with Crippen molar-refractivity contribution in [2.24, 2.45) is 0 Å². The zero-order valence-electron chi connectivity index (χ0n) is 19.3. The van der Waals surface area contributed by atoms with Crippen LogP contribution < -0.4 is 0 Å². The van der Waals surface area contributed by atoms with E-state index >= 15 is 0 Å². The molecule has 3 nitrogen and oxygen atoms in total. The second-order valence-corrected chi connectivity index (χ2v) is 9.60. The molecule has 0 saturated heterocycles. The largest absolute Gasteiger partial charge is 1.00 e. The molecule has 2 aromatic heterocycles. The predicted octanol–water partition coefficient (Wildman–Crippen LogP) is 7.99. The van der Waals surface area contributed by atoms with Crippen LogP contribution in [0.2, 0.25) is 0 Å². The van der Waals surface area contributed by atoms with Gasteiger partial charge in [-0.2, -0.15) is 5.10 Å². The van der Waals surface area contributed by atoms with Gasteiger partial charge in [-0.3, -0.25) is 0 Å². The summed E-state index contributed by atoms with van der Waals surface area (Å²) in [4.78, 5) is 5.73. The Hall–Kier alpha value is -3.20. The van der Waals surface area contributed by atoms with Gasteiger partial charge in [0.25, 0.3) is 0 Å². The summed E-state index contributed by atoms with van der Waals surface area (Å²) < 4.78 is 40.9. The zero-order valence-corrected chi connectivity index (χ0v) is 19.1. The highest BCUT2D eigenvalue weighted by Crippen LogP contribution is 2.31. The Balaban J connectivity index is 0.000000492. The summed E-state index contributed by atoms with van der Waals surface area (Å²) in [6.07, 6.45) is 2.02. The highest BCUT2D eigenvalue weighted by atomic mass is 32.1. The topological polar surface area (TPSA) is 30.2 Å². The third-order valence-electron chi connectivity index (χ3n) is 5.09. The van der Waals surface area contributed by atoms with E-state index in [-0.39, 0.29) is 6.84 Å². The summed E-state index contributed by atoms with van der Waals surface area (Å²) in [6, 6.07) is 23.6. The van der Waals surface area contributed by atoms with Gasteiger partial charge in [-0.15, -0.1) is 0 Å². The second-order valence-electron chi connectivity index (χ2n) is 8.64. The summed E-state index contributed by atoms with van der Waals surface area (Å²) in [5.41, 5.74) is 4.70. The quantitative estimate of drug-likeness (QED) is 0.193. The summed E-state index contributed by atoms with van der Waals surface area (Å²) in [5.74, 6) is 0. The van der Waals surface area contributed by atoms with E-state index in [0.717, 1.165) is 26.8 Å². The van der Waals surface area contributed by atoms with Gasteiger partial charge < -0.3 is 17.3 Å². The van der Waals surface area contributed by atoms with Crippen LogP contribution in [0.1, 0.15) is 27.8 Å². The number of hydrogen-bond donors (Lipinski definition) is 0. The first-order valence-electron chi connectivity index (χ1n) is 10.3. The van der Waals surface area contributed by atoms with Crippen LogP contribution in [-0.4, -0.2) is 21.9 Å². The van der Waals surface area contributed by atoms with Crippen molar-refractivity contribution in [3.05, 3.63) is 78.5 Å². The zero-order chi connectivity index (χ0) is 23.8. The molecule has 0 saturated carbocycles. The molecule has 3 aromatic carbocycles. The van der Waals surface area contributed by atoms with Crippen LogP contribution in [-0.2, 0) is 5.41 Å². The average Bonchev–Trinajstić information content (AvgIpc) is 3.31. The summed E-state index contributed by atoms with van der Waals surface area (Å²) in [6.45, 7) is 6.69. The van der Waals surface area contributed by atoms with Crippen LogP contribution in [0.5, 0.6) is 0 Å². The Morgan fingerprint density at radius 2 is 1.45 bits per heavy atom. The normalized spacial score (nSPS) is 12.1. The van der Waals surface area contributed by atoms with Crippen molar-refractivity contribution < 1.29 is 18.7 Å². The minimum absolute atomic E-state index is 0. The molecule has 0 spiro atoms. The number of benzene rings is 3. The van der Waals surface area contributed by atoms with E-state index in [4.69, 9.17) is 10.1 Å². The SMILES string of the molecule is CC(C)(C)c1ccc(-c2nn3cc(-c4ccc5ccccc5c4)nc3s2)cc1.F[B-](F)(F)F.[H+]. The molecule has 0 atom stereocenters. The molecular formula is C24H22BF4N3S. The predicted molar refractivity (Wildman–Crippen MR) is 129 cm³/mol. The van der Waals surface area contributed by atoms with Crippen molar-refractivity contribution in [2.45, 2.75) is 26.2 Å². The number of fused-ring (bicyclic) bond motifs is 2. The third-order valence-corrected chi connectivity index (χ3v) is 6.06. The minimum Gasteiger partial charge on any atom is -0.418 e. The number of aromatic nitrogens is 3. The van der Waals surface area contributed by atoms with Crippen LogP contribution in [0.25, 0.3) is 37.6 Å². The molecule has 5 rings (SSSR count). The van der Waals surface area contributed by atoms with Gasteiger partial charge in [-0.05, 0) is 27.8 Å². The lowest BCUT2D eigenvalue weighted by Gasteiger charge is -2.18. The molecule has 0 amide bonds. The van der Waals surface area contributed by atoms with Gasteiger partial charge in [-0.25, -0.2) is 9.50 Å². The Bertz CT molecular complexity index is 1370. The maximum Gasteiger partial charge on any atom is 1.00 e. The van der Waals surface area contributed by atoms with E-state index in [0.29, 0.717) is 0 Å². The third kappa shape index (κ3) is 5.60. The number of hydrogen-bond acceptors (Lipinski definition) is 3. The van der Waals surface area contributed by atoms with E-state index in [9.17, 15) is 17.3 Å². The van der Waals surface area contributed by atoms with E-state index < -0.39 is 7.25 Å². The molecule has 9 heteroatoms. The number of nitrogens with zero attached hydrogens (tertiary/aromatic N) is 3. The van der Waals surface area contributed by atoms with E-state index in [2.05, 4.69) is 87.5 Å². The van der Waals surface area contributed by atoms with Crippen LogP contribution in [0.15, 0.2) is 72.9 Å². The molecular weight excluding hydrogens is 449 g/mol. The average molecular weight is 471 g/mol. The molecule has 0 unspecified atom stereocenters. The number of rotatable bonds is 2. The fourth-order valence-corrected chi connectivity index (χ4v) is 4.30. The van der Waals surface area contributed by atoms with Gasteiger partial charge in [0, 0.05) is 11.1 Å². The van der Waals surface area contributed by atoms with Gasteiger partial charge >= 0.3 is 8.68 Å². The molecule has 33 heavy (non-hydrogen) atoms. The molecule has 0 radical (unpaired) electrons. The molecule has 170 valence electrons. The van der Waals surface area contributed by atoms with Crippen LogP contribution in [0.3, 0.4) is 0 Å². The van der Waals surface area contributed by atoms with E-state index in [1.54, 1.807) is 11.3 Å². The second kappa shape index (κ2) is 8.63. The Kier molecular flexibility index (Phi) is 6.01. The molecule has 0 bridgehead atoms. The van der Waals surface area contributed by atoms with Crippen LogP contribution in [0.4, 0.5) is 17.3 Å². The minimum atomic E-state index is -6.00. The van der Waals surface area contributed by atoms with Crippen molar-refractivity contribution in [1.29, 1.82) is 0 Å². The molecule has 0 fully saturated rings. The van der Waals surface area contributed by atoms with E-state index in [1.807, 2.05) is 10.7 Å². The fourth-order valence-electron chi connectivity index (χ4n) is 3.42. The van der Waals surface area contributed by atoms with Gasteiger partial charge in [-0.1, -0.05) is 92.8 Å². The van der Waals surface area contributed by atoms with Crippen molar-refractivity contribution in [3.8, 4) is 21.8 Å². The smallest absolute Gasteiger partial charge is 0.418 e. The van der Waals surface area contributed by atoms with Crippen LogP contribution >= 0.6 is 11.3 Å². The lowest BCUT2D eigenvalue weighted by atomic mass is 9.87. The van der Waals surface area contributed by atoms with Crippen molar-refractivity contribution in [2.75, 3.05) is 0 Å². The number of halogens is 4. The molecule has 2 heterocycles. The standard InChI is InChI=1S/C24H21N3S.BF4/c1-24(2,3)20-12-10-17(11-13-20)22-26-27-15-21(25-23(27)28-22)19-9-8-16-6-4-5-7-18(16)14-19;2-1(3,4)5/h4-15H,1-3H3;/q;-1/p+1. The Morgan fingerprint density at radius 3 is 2.06 bits per heavy atom. The maximum atomic E-state index is 9.75. The highest BCUT2D eigenvalue weighted by Gasteiger charge is 2.20. The van der Waals surface area contributed by atoms with Gasteiger partial charge in [0.2, 0.25) is 4.96 Å². The molecule has 0 aliphatic carbocycles. The Labute approximate surface area is 194 Å². The molecule has 0 aliphatic rings. The van der Waals surface area contributed by atoms with Gasteiger partial charge in [0.15, 0.2) is 0 Å². The maximum absolute atomic E-state index is 9.75. The highest BCUT2D eigenvalue weighted by molar-refractivity contribution is 7.19. The van der Waals surface area contributed by atoms with Crippen LogP contribution in [0, 0.1) is 0 Å². The summed E-state index contributed by atoms with van der Waals surface area (Å²) >= 11 is 1.62. The molecule has 0 aliphatic heterocycles. The lowest BCUT2D eigenvalue weighted by molar-refractivity contribution is 0.368.